The Bertz CT molecular complexity index is 1140. The number of rotatable bonds is 7. The molecule has 0 atom stereocenters. The Morgan fingerprint density at radius 3 is 2.16 bits per heavy atom. The Hall–Kier alpha value is -2.31. The second kappa shape index (κ2) is 8.67. The molecule has 0 unspecified atom stereocenters. The van der Waals surface area contributed by atoms with E-state index in [0.29, 0.717) is 25.2 Å². The van der Waals surface area contributed by atoms with Crippen LogP contribution in [0.1, 0.15) is 25.3 Å². The lowest BCUT2D eigenvalue weighted by molar-refractivity contribution is -0.137. The van der Waals surface area contributed by atoms with Gasteiger partial charge in [-0.3, -0.25) is 4.72 Å². The molecule has 2 aromatic carbocycles. The van der Waals surface area contributed by atoms with Crippen LogP contribution in [-0.2, 0) is 26.2 Å². The zero-order valence-corrected chi connectivity index (χ0v) is 18.1. The van der Waals surface area contributed by atoms with Gasteiger partial charge in [0.25, 0.3) is 10.0 Å². The summed E-state index contributed by atoms with van der Waals surface area (Å²) in [7, 11) is -8.16. The summed E-state index contributed by atoms with van der Waals surface area (Å²) >= 11 is 0. The van der Waals surface area contributed by atoms with E-state index < -0.39 is 36.7 Å². The molecule has 1 fully saturated rings. The quantitative estimate of drug-likeness (QED) is 0.655. The highest BCUT2D eigenvalue weighted by Crippen LogP contribution is 2.33. The molecular weight excluding hydrogens is 457 g/mol. The summed E-state index contributed by atoms with van der Waals surface area (Å²) in [6.07, 6.45) is -3.14. The number of nitrogens with one attached hydrogen (secondary N) is 1. The number of hydrogen-bond acceptors (Lipinski definition) is 5. The van der Waals surface area contributed by atoms with Gasteiger partial charge in [0.2, 0.25) is 10.0 Å². The average molecular weight is 479 g/mol. The minimum Gasteiger partial charge on any atom is -0.492 e. The molecule has 0 spiro atoms. The third kappa shape index (κ3) is 5.13. The maximum absolute atomic E-state index is 13.0. The van der Waals surface area contributed by atoms with Crippen molar-refractivity contribution in [2.45, 2.75) is 35.7 Å². The zero-order valence-electron chi connectivity index (χ0n) is 16.5. The van der Waals surface area contributed by atoms with Crippen molar-refractivity contribution in [1.29, 1.82) is 0 Å². The van der Waals surface area contributed by atoms with E-state index in [0.717, 1.165) is 31.0 Å². The Balaban J connectivity index is 1.94. The monoisotopic (exact) mass is 478 g/mol. The fourth-order valence-corrected chi connectivity index (χ4v) is 5.88. The number of nitrogens with zero attached hydrogens (tertiary/aromatic N) is 1. The van der Waals surface area contributed by atoms with E-state index in [9.17, 15) is 30.0 Å². The molecule has 0 bridgehead atoms. The minimum absolute atomic E-state index is 0.0545. The highest BCUT2D eigenvalue weighted by atomic mass is 32.2. The predicted octanol–water partition coefficient (Wildman–Crippen LogP) is 3.69. The molecule has 1 N–H and O–H groups in total. The van der Waals surface area contributed by atoms with E-state index in [2.05, 4.69) is 4.72 Å². The van der Waals surface area contributed by atoms with Gasteiger partial charge >= 0.3 is 6.18 Å². The second-order valence-corrected chi connectivity index (χ2v) is 10.4. The lowest BCUT2D eigenvalue weighted by Crippen LogP contribution is -2.28. The molecule has 1 aliphatic heterocycles. The van der Waals surface area contributed by atoms with Gasteiger partial charge in [0.15, 0.2) is 0 Å². The van der Waals surface area contributed by atoms with Crippen molar-refractivity contribution in [3.05, 3.63) is 48.0 Å². The largest absolute Gasteiger partial charge is 0.492 e. The van der Waals surface area contributed by atoms with Gasteiger partial charge in [-0.25, -0.2) is 16.8 Å². The first-order valence-corrected chi connectivity index (χ1v) is 12.3. The normalized spacial score (nSPS) is 15.7. The van der Waals surface area contributed by atoms with Gasteiger partial charge in [-0.2, -0.15) is 17.5 Å². The molecule has 1 heterocycles. The van der Waals surface area contributed by atoms with Gasteiger partial charge in [0.05, 0.1) is 22.8 Å². The fraction of sp³-hybridized carbons (Fsp3) is 0.368. The molecule has 3 rings (SSSR count). The van der Waals surface area contributed by atoms with E-state index in [1.807, 2.05) is 0 Å². The molecule has 0 radical (unpaired) electrons. The first-order valence-electron chi connectivity index (χ1n) is 9.42. The summed E-state index contributed by atoms with van der Waals surface area (Å²) in [6, 6.07) is 6.82. The van der Waals surface area contributed by atoms with Crippen molar-refractivity contribution in [2.24, 2.45) is 0 Å². The molecule has 170 valence electrons. The molecule has 7 nitrogen and oxygen atoms in total. The molecule has 0 aromatic heterocycles. The van der Waals surface area contributed by atoms with E-state index >= 15 is 0 Å². The van der Waals surface area contributed by atoms with E-state index in [4.69, 9.17) is 4.74 Å². The van der Waals surface area contributed by atoms with Gasteiger partial charge in [-0.1, -0.05) is 0 Å². The standard InChI is InChI=1S/C19H21F3N2O5S2/c1-2-29-17-10-7-15(13-18(17)31(27,28)24-11-3-4-12-24)23-30(25,26)16-8-5-14(6-9-16)19(20,21)22/h5-10,13,23H,2-4,11-12H2,1H3. The smallest absolute Gasteiger partial charge is 0.416 e. The van der Waals surface area contributed by atoms with Gasteiger partial charge in [0, 0.05) is 13.1 Å². The topological polar surface area (TPSA) is 92.8 Å². The predicted molar refractivity (Wildman–Crippen MR) is 108 cm³/mol. The molecule has 0 aliphatic carbocycles. The Morgan fingerprint density at radius 2 is 1.61 bits per heavy atom. The van der Waals surface area contributed by atoms with Crippen LogP contribution >= 0.6 is 0 Å². The zero-order chi connectivity index (χ0) is 22.9. The third-order valence-corrected chi connectivity index (χ3v) is 7.99. The number of halogens is 3. The number of anilines is 1. The van der Waals surface area contributed by atoms with Crippen molar-refractivity contribution in [1.82, 2.24) is 4.31 Å². The molecule has 0 amide bonds. The Labute approximate surface area is 178 Å². The molecule has 1 aliphatic rings. The average Bonchev–Trinajstić information content (AvgIpc) is 3.24. The van der Waals surface area contributed by atoms with Crippen LogP contribution in [0.5, 0.6) is 5.75 Å². The second-order valence-electron chi connectivity index (χ2n) is 6.83. The Morgan fingerprint density at radius 1 is 1.00 bits per heavy atom. The highest BCUT2D eigenvalue weighted by molar-refractivity contribution is 7.92. The SMILES string of the molecule is CCOc1ccc(NS(=O)(=O)c2ccc(C(F)(F)F)cc2)cc1S(=O)(=O)N1CCCC1. The van der Waals surface area contributed by atoms with Crippen LogP contribution in [0.15, 0.2) is 52.3 Å². The van der Waals surface area contributed by atoms with Gasteiger partial charge in [-0.15, -0.1) is 0 Å². The molecular formula is C19H21F3N2O5S2. The number of benzene rings is 2. The van der Waals surface area contributed by atoms with Crippen LogP contribution in [0, 0.1) is 0 Å². The number of alkyl halides is 3. The van der Waals surface area contributed by atoms with Crippen LogP contribution < -0.4 is 9.46 Å². The van der Waals surface area contributed by atoms with Crippen LogP contribution in [0.3, 0.4) is 0 Å². The first kappa shape index (κ1) is 23.4. The van der Waals surface area contributed by atoms with Crippen molar-refractivity contribution in [3.63, 3.8) is 0 Å². The third-order valence-electron chi connectivity index (χ3n) is 4.67. The molecule has 1 saturated heterocycles. The summed E-state index contributed by atoms with van der Waals surface area (Å²) in [5.74, 6) is 0.0897. The fourth-order valence-electron chi connectivity index (χ4n) is 3.15. The lowest BCUT2D eigenvalue weighted by Gasteiger charge is -2.19. The summed E-state index contributed by atoms with van der Waals surface area (Å²) in [6.45, 7) is 2.61. The number of ether oxygens (including phenoxy) is 1. The molecule has 31 heavy (non-hydrogen) atoms. The van der Waals surface area contributed by atoms with Crippen molar-refractivity contribution in [2.75, 3.05) is 24.4 Å². The van der Waals surface area contributed by atoms with Crippen molar-refractivity contribution >= 4 is 25.7 Å². The van der Waals surface area contributed by atoms with Gasteiger partial charge < -0.3 is 4.74 Å². The van der Waals surface area contributed by atoms with E-state index in [1.165, 1.54) is 16.4 Å². The van der Waals surface area contributed by atoms with Crippen LogP contribution in [0.4, 0.5) is 18.9 Å². The summed E-state index contributed by atoms with van der Waals surface area (Å²) in [4.78, 5) is -0.567. The lowest BCUT2D eigenvalue weighted by atomic mass is 10.2. The molecule has 2 aromatic rings. The van der Waals surface area contributed by atoms with Crippen LogP contribution in [-0.4, -0.2) is 40.8 Å². The molecule has 0 saturated carbocycles. The summed E-state index contributed by atoms with van der Waals surface area (Å²) < 4.78 is 98.3. The summed E-state index contributed by atoms with van der Waals surface area (Å²) in [5, 5.41) is 0. The first-order chi connectivity index (χ1) is 14.4. The maximum Gasteiger partial charge on any atom is 0.416 e. The number of hydrogen-bond donors (Lipinski definition) is 1. The Kier molecular flexibility index (Phi) is 6.53. The maximum atomic E-state index is 13.0. The van der Waals surface area contributed by atoms with Gasteiger partial charge in [-0.05, 0) is 62.2 Å². The minimum atomic E-state index is -4.59. The molecule has 12 heteroatoms. The van der Waals surface area contributed by atoms with Crippen LogP contribution in [0.2, 0.25) is 0 Å². The van der Waals surface area contributed by atoms with Crippen LogP contribution in [0.25, 0.3) is 0 Å². The van der Waals surface area contributed by atoms with Gasteiger partial charge in [0.1, 0.15) is 10.6 Å². The van der Waals surface area contributed by atoms with E-state index in [1.54, 1.807) is 6.92 Å². The van der Waals surface area contributed by atoms with E-state index in [-0.39, 0.29) is 22.9 Å². The van der Waals surface area contributed by atoms with Crippen molar-refractivity contribution < 1.29 is 34.7 Å². The summed E-state index contributed by atoms with van der Waals surface area (Å²) in [5.41, 5.74) is -1.03. The number of sulfonamides is 2. The highest BCUT2D eigenvalue weighted by Gasteiger charge is 2.32. The van der Waals surface area contributed by atoms with Crippen molar-refractivity contribution in [3.8, 4) is 5.75 Å².